The highest BCUT2D eigenvalue weighted by molar-refractivity contribution is 6.14. The molecule has 2 aromatic heterocycles. The van der Waals surface area contributed by atoms with Crippen molar-refractivity contribution in [2.45, 2.75) is 6.92 Å². The van der Waals surface area contributed by atoms with E-state index in [0.29, 0.717) is 5.82 Å². The van der Waals surface area contributed by atoms with Gasteiger partial charge in [-0.15, -0.1) is 0 Å². The van der Waals surface area contributed by atoms with E-state index in [1.54, 1.807) is 0 Å². The summed E-state index contributed by atoms with van der Waals surface area (Å²) in [6, 6.07) is 55.1. The smallest absolute Gasteiger partial charge is 0.160 e. The summed E-state index contributed by atoms with van der Waals surface area (Å²) in [6.07, 6.45) is 0. The second kappa shape index (κ2) is 11.3. The summed E-state index contributed by atoms with van der Waals surface area (Å²) in [7, 11) is 0. The maximum Gasteiger partial charge on any atom is 0.160 e. The van der Waals surface area contributed by atoms with E-state index in [0.717, 1.165) is 50.6 Å². The van der Waals surface area contributed by atoms with Gasteiger partial charge in [-0.25, -0.2) is 9.97 Å². The number of aromatic nitrogens is 3. The minimum Gasteiger partial charge on any atom is -0.253 e. The van der Waals surface area contributed by atoms with Crippen LogP contribution in [0.4, 0.5) is 0 Å². The molecule has 0 unspecified atom stereocenters. The van der Waals surface area contributed by atoms with Crippen LogP contribution in [-0.4, -0.2) is 15.0 Å². The number of pyridine rings is 1. The standard InChI is InChI=1S/C42H29N3/c1-28-13-12-22-39(43-28)33-23-32(38-26-31-18-8-9-19-35(31)36-20-10-11-21-37(36)38)24-34(25-33)42-44-40(29-14-4-2-5-15-29)27-41(45-42)30-16-6-3-7-17-30/h2-27H,1H3. The van der Waals surface area contributed by atoms with Gasteiger partial charge in [0, 0.05) is 27.9 Å². The molecule has 45 heavy (non-hydrogen) atoms. The summed E-state index contributed by atoms with van der Waals surface area (Å²) in [5.74, 6) is 0.677. The minimum atomic E-state index is 0.677. The number of rotatable bonds is 5. The summed E-state index contributed by atoms with van der Waals surface area (Å²) in [6.45, 7) is 2.03. The van der Waals surface area contributed by atoms with Gasteiger partial charge in [0.25, 0.3) is 0 Å². The van der Waals surface area contributed by atoms with E-state index in [2.05, 4.69) is 115 Å². The van der Waals surface area contributed by atoms with Crippen molar-refractivity contribution in [2.75, 3.05) is 0 Å². The molecular weight excluding hydrogens is 546 g/mol. The van der Waals surface area contributed by atoms with Gasteiger partial charge in [-0.3, -0.25) is 4.98 Å². The summed E-state index contributed by atoms with van der Waals surface area (Å²) in [4.78, 5) is 15.2. The molecule has 0 spiro atoms. The van der Waals surface area contributed by atoms with Crippen LogP contribution in [-0.2, 0) is 0 Å². The third kappa shape index (κ3) is 5.15. The third-order valence-electron chi connectivity index (χ3n) is 8.32. The van der Waals surface area contributed by atoms with Crippen LogP contribution >= 0.6 is 0 Å². The Morgan fingerprint density at radius 1 is 0.356 bits per heavy atom. The highest BCUT2D eigenvalue weighted by atomic mass is 14.9. The second-order valence-electron chi connectivity index (χ2n) is 11.3. The zero-order valence-electron chi connectivity index (χ0n) is 24.9. The number of aryl methyl sites for hydroxylation is 1. The lowest BCUT2D eigenvalue weighted by Crippen LogP contribution is -1.97. The van der Waals surface area contributed by atoms with Gasteiger partial charge >= 0.3 is 0 Å². The van der Waals surface area contributed by atoms with E-state index < -0.39 is 0 Å². The lowest BCUT2D eigenvalue weighted by Gasteiger charge is -2.15. The van der Waals surface area contributed by atoms with E-state index in [1.807, 2.05) is 49.4 Å². The van der Waals surface area contributed by atoms with Crippen molar-refractivity contribution < 1.29 is 0 Å². The number of hydrogen-bond donors (Lipinski definition) is 0. The molecule has 0 bridgehead atoms. The molecule has 0 atom stereocenters. The lowest BCUT2D eigenvalue weighted by molar-refractivity contribution is 1.18. The van der Waals surface area contributed by atoms with E-state index in [4.69, 9.17) is 15.0 Å². The summed E-state index contributed by atoms with van der Waals surface area (Å²) in [5.41, 5.74) is 10.0. The fraction of sp³-hybridized carbons (Fsp3) is 0.0238. The van der Waals surface area contributed by atoms with Crippen molar-refractivity contribution in [2.24, 2.45) is 0 Å². The quantitative estimate of drug-likeness (QED) is 0.192. The average Bonchev–Trinajstić information content (AvgIpc) is 3.11. The summed E-state index contributed by atoms with van der Waals surface area (Å²) in [5, 5.41) is 4.90. The molecule has 3 heteroatoms. The van der Waals surface area contributed by atoms with Gasteiger partial charge < -0.3 is 0 Å². The van der Waals surface area contributed by atoms with Crippen molar-refractivity contribution in [1.82, 2.24) is 15.0 Å². The molecule has 0 N–H and O–H groups in total. The van der Waals surface area contributed by atoms with Crippen LogP contribution < -0.4 is 0 Å². The van der Waals surface area contributed by atoms with Crippen molar-refractivity contribution in [3.63, 3.8) is 0 Å². The summed E-state index contributed by atoms with van der Waals surface area (Å²) >= 11 is 0. The van der Waals surface area contributed by atoms with E-state index >= 15 is 0 Å². The van der Waals surface area contributed by atoms with Crippen LogP contribution in [0.15, 0.2) is 158 Å². The number of hydrogen-bond acceptors (Lipinski definition) is 3. The van der Waals surface area contributed by atoms with Crippen LogP contribution in [0.25, 0.3) is 77.8 Å². The molecule has 212 valence electrons. The molecule has 0 aliphatic heterocycles. The highest BCUT2D eigenvalue weighted by Gasteiger charge is 2.16. The topological polar surface area (TPSA) is 38.7 Å². The molecule has 8 aromatic rings. The van der Waals surface area contributed by atoms with Gasteiger partial charge in [0.05, 0.1) is 17.1 Å². The molecular formula is C42H29N3. The normalized spacial score (nSPS) is 11.2. The number of benzene rings is 6. The molecule has 0 saturated carbocycles. The van der Waals surface area contributed by atoms with Crippen molar-refractivity contribution in [3.05, 3.63) is 163 Å². The Bertz CT molecular complexity index is 2270. The SMILES string of the molecule is Cc1cccc(-c2cc(-c3nc(-c4ccccc4)cc(-c4ccccc4)n3)cc(-c3cc4ccccc4c4ccccc34)c2)n1. The Balaban J connectivity index is 1.41. The third-order valence-corrected chi connectivity index (χ3v) is 8.32. The molecule has 0 aliphatic carbocycles. The van der Waals surface area contributed by atoms with Gasteiger partial charge in [-0.2, -0.15) is 0 Å². The van der Waals surface area contributed by atoms with Crippen LogP contribution in [0.3, 0.4) is 0 Å². The predicted octanol–water partition coefficient (Wildman–Crippen LogP) is 10.8. The molecule has 8 rings (SSSR count). The lowest BCUT2D eigenvalue weighted by atomic mass is 9.91. The zero-order valence-corrected chi connectivity index (χ0v) is 24.9. The van der Waals surface area contributed by atoms with Gasteiger partial charge in [0.1, 0.15) is 0 Å². The molecule has 3 nitrogen and oxygen atoms in total. The Morgan fingerprint density at radius 3 is 1.62 bits per heavy atom. The number of fused-ring (bicyclic) bond motifs is 3. The molecule has 2 heterocycles. The zero-order chi connectivity index (χ0) is 30.2. The Labute approximate surface area is 262 Å². The monoisotopic (exact) mass is 575 g/mol. The molecule has 0 aliphatic rings. The van der Waals surface area contributed by atoms with E-state index in [9.17, 15) is 0 Å². The molecule has 0 fully saturated rings. The molecule has 0 amide bonds. The van der Waals surface area contributed by atoms with Gasteiger partial charge in [-0.05, 0) is 82.1 Å². The minimum absolute atomic E-state index is 0.677. The number of nitrogens with zero attached hydrogens (tertiary/aromatic N) is 3. The van der Waals surface area contributed by atoms with Crippen molar-refractivity contribution in [3.8, 4) is 56.3 Å². The largest absolute Gasteiger partial charge is 0.253 e. The molecule has 6 aromatic carbocycles. The average molecular weight is 576 g/mol. The Hall–Kier alpha value is -5.93. The van der Waals surface area contributed by atoms with Crippen LogP contribution in [0.5, 0.6) is 0 Å². The predicted molar refractivity (Wildman–Crippen MR) is 187 cm³/mol. The van der Waals surface area contributed by atoms with E-state index in [-0.39, 0.29) is 0 Å². The van der Waals surface area contributed by atoms with Crippen molar-refractivity contribution in [1.29, 1.82) is 0 Å². The molecule has 0 radical (unpaired) electrons. The van der Waals surface area contributed by atoms with Crippen molar-refractivity contribution >= 4 is 21.5 Å². The maximum absolute atomic E-state index is 5.17. The Morgan fingerprint density at radius 2 is 0.933 bits per heavy atom. The molecule has 0 saturated heterocycles. The van der Waals surface area contributed by atoms with Gasteiger partial charge in [-0.1, -0.05) is 115 Å². The fourth-order valence-electron chi connectivity index (χ4n) is 6.15. The first kappa shape index (κ1) is 26.7. The van der Waals surface area contributed by atoms with E-state index in [1.165, 1.54) is 27.1 Å². The highest BCUT2D eigenvalue weighted by Crippen LogP contribution is 2.39. The second-order valence-corrected chi connectivity index (χ2v) is 11.3. The maximum atomic E-state index is 5.17. The first-order valence-corrected chi connectivity index (χ1v) is 15.2. The first-order chi connectivity index (χ1) is 22.2. The van der Waals surface area contributed by atoms with Crippen LogP contribution in [0, 0.1) is 6.92 Å². The van der Waals surface area contributed by atoms with Gasteiger partial charge in [0.15, 0.2) is 5.82 Å². The first-order valence-electron chi connectivity index (χ1n) is 15.2. The fourth-order valence-corrected chi connectivity index (χ4v) is 6.15. The Kier molecular flexibility index (Phi) is 6.69. The van der Waals surface area contributed by atoms with Crippen LogP contribution in [0.1, 0.15) is 5.69 Å². The van der Waals surface area contributed by atoms with Crippen LogP contribution in [0.2, 0.25) is 0 Å². The van der Waals surface area contributed by atoms with Gasteiger partial charge in [0.2, 0.25) is 0 Å². The summed E-state index contributed by atoms with van der Waals surface area (Å²) < 4.78 is 0.